The van der Waals surface area contributed by atoms with E-state index in [-0.39, 0.29) is 23.7 Å². The van der Waals surface area contributed by atoms with Crippen LogP contribution >= 0.6 is 0 Å². The highest BCUT2D eigenvalue weighted by atomic mass is 16.2. The van der Waals surface area contributed by atoms with Gasteiger partial charge in [0.25, 0.3) is 0 Å². The molecule has 0 fully saturated rings. The third kappa shape index (κ3) is 5.09. The van der Waals surface area contributed by atoms with Crippen LogP contribution in [0.1, 0.15) is 18.4 Å². The Labute approximate surface area is 137 Å². The summed E-state index contributed by atoms with van der Waals surface area (Å²) in [6.45, 7) is 4.61. The predicted molar refractivity (Wildman–Crippen MR) is 91.7 cm³/mol. The fraction of sp³-hybridized carbons (Fsp3) is 0.368. The summed E-state index contributed by atoms with van der Waals surface area (Å²) < 4.78 is 0. The Bertz CT molecular complexity index is 566. The van der Waals surface area contributed by atoms with E-state index in [2.05, 4.69) is 17.2 Å². The van der Waals surface area contributed by atoms with Crippen molar-refractivity contribution in [3.05, 3.63) is 60.7 Å². The van der Waals surface area contributed by atoms with Gasteiger partial charge in [-0.2, -0.15) is 0 Å². The van der Waals surface area contributed by atoms with Crippen molar-refractivity contribution >= 4 is 11.8 Å². The molecular weight excluding hydrogens is 288 g/mol. The molecule has 4 nitrogen and oxygen atoms in total. The summed E-state index contributed by atoms with van der Waals surface area (Å²) in [4.78, 5) is 24.6. The van der Waals surface area contributed by atoms with E-state index in [1.807, 2.05) is 42.5 Å². The van der Waals surface area contributed by atoms with E-state index in [0.717, 1.165) is 6.42 Å². The van der Waals surface area contributed by atoms with E-state index in [0.29, 0.717) is 25.9 Å². The number of rotatable bonds is 7. The molecule has 1 aromatic carbocycles. The minimum atomic E-state index is -0.295. The number of nitrogens with one attached hydrogen (secondary N) is 2. The largest absolute Gasteiger partial charge is 0.355 e. The van der Waals surface area contributed by atoms with Crippen LogP contribution in [-0.2, 0) is 16.0 Å². The van der Waals surface area contributed by atoms with Crippen molar-refractivity contribution in [3.63, 3.8) is 0 Å². The van der Waals surface area contributed by atoms with Gasteiger partial charge in [0.15, 0.2) is 0 Å². The Morgan fingerprint density at radius 2 is 1.65 bits per heavy atom. The average Bonchev–Trinajstić information content (AvgIpc) is 2.60. The van der Waals surface area contributed by atoms with Crippen LogP contribution < -0.4 is 10.6 Å². The molecular formula is C19H24N2O2. The number of amides is 2. The lowest BCUT2D eigenvalue weighted by Gasteiger charge is -2.26. The third-order valence-electron chi connectivity index (χ3n) is 4.08. The van der Waals surface area contributed by atoms with Crippen LogP contribution in [0, 0.1) is 11.8 Å². The van der Waals surface area contributed by atoms with Crippen LogP contribution in [0.2, 0.25) is 0 Å². The minimum Gasteiger partial charge on any atom is -0.355 e. The van der Waals surface area contributed by atoms with Gasteiger partial charge in [-0.15, -0.1) is 6.58 Å². The maximum absolute atomic E-state index is 12.4. The molecule has 1 aliphatic rings. The monoisotopic (exact) mass is 312 g/mol. The van der Waals surface area contributed by atoms with E-state index in [1.54, 1.807) is 6.08 Å². The molecule has 1 aliphatic carbocycles. The molecule has 2 amide bonds. The topological polar surface area (TPSA) is 58.2 Å². The first-order valence-corrected chi connectivity index (χ1v) is 8.07. The Morgan fingerprint density at radius 1 is 1.04 bits per heavy atom. The lowest BCUT2D eigenvalue weighted by atomic mass is 9.81. The van der Waals surface area contributed by atoms with Crippen LogP contribution in [0.3, 0.4) is 0 Å². The van der Waals surface area contributed by atoms with Crippen molar-refractivity contribution in [2.45, 2.75) is 19.3 Å². The second kappa shape index (κ2) is 8.93. The molecule has 2 N–H and O–H groups in total. The Balaban J connectivity index is 1.86. The van der Waals surface area contributed by atoms with E-state index in [1.165, 1.54) is 5.56 Å². The molecule has 2 rings (SSSR count). The van der Waals surface area contributed by atoms with Gasteiger partial charge in [-0.1, -0.05) is 48.6 Å². The highest BCUT2D eigenvalue weighted by Crippen LogP contribution is 2.26. The lowest BCUT2D eigenvalue weighted by Crippen LogP contribution is -2.43. The summed E-state index contributed by atoms with van der Waals surface area (Å²) in [5.74, 6) is -0.696. The molecule has 2 atom stereocenters. The van der Waals surface area contributed by atoms with Gasteiger partial charge in [0.05, 0.1) is 11.8 Å². The van der Waals surface area contributed by atoms with Gasteiger partial charge in [-0.05, 0) is 24.8 Å². The normalized spacial score (nSPS) is 19.8. The first-order chi connectivity index (χ1) is 11.2. The summed E-state index contributed by atoms with van der Waals surface area (Å²) >= 11 is 0. The van der Waals surface area contributed by atoms with E-state index in [4.69, 9.17) is 0 Å². The number of benzene rings is 1. The van der Waals surface area contributed by atoms with Crippen LogP contribution in [0.4, 0.5) is 0 Å². The van der Waals surface area contributed by atoms with Gasteiger partial charge in [0, 0.05) is 13.1 Å². The zero-order valence-corrected chi connectivity index (χ0v) is 13.3. The molecule has 0 saturated heterocycles. The van der Waals surface area contributed by atoms with Crippen molar-refractivity contribution < 1.29 is 9.59 Å². The van der Waals surface area contributed by atoms with Crippen LogP contribution in [0.15, 0.2) is 55.1 Å². The van der Waals surface area contributed by atoms with Gasteiger partial charge < -0.3 is 10.6 Å². The van der Waals surface area contributed by atoms with Gasteiger partial charge in [0.1, 0.15) is 0 Å². The summed E-state index contributed by atoms with van der Waals surface area (Å²) in [6.07, 6.45) is 7.63. The van der Waals surface area contributed by atoms with Gasteiger partial charge in [-0.25, -0.2) is 0 Å². The van der Waals surface area contributed by atoms with Crippen molar-refractivity contribution in [2.75, 3.05) is 13.1 Å². The lowest BCUT2D eigenvalue weighted by molar-refractivity contribution is -0.134. The highest BCUT2D eigenvalue weighted by molar-refractivity contribution is 5.88. The molecule has 1 aromatic rings. The molecule has 0 radical (unpaired) electrons. The third-order valence-corrected chi connectivity index (χ3v) is 4.08. The van der Waals surface area contributed by atoms with Gasteiger partial charge in [0.2, 0.25) is 11.8 Å². The van der Waals surface area contributed by atoms with Crippen molar-refractivity contribution in [1.29, 1.82) is 0 Å². The molecule has 0 aromatic heterocycles. The average molecular weight is 312 g/mol. The molecule has 0 aliphatic heterocycles. The fourth-order valence-electron chi connectivity index (χ4n) is 2.80. The Morgan fingerprint density at radius 3 is 2.26 bits per heavy atom. The van der Waals surface area contributed by atoms with Crippen LogP contribution in [-0.4, -0.2) is 24.9 Å². The first-order valence-electron chi connectivity index (χ1n) is 8.07. The molecule has 0 spiro atoms. The molecule has 0 heterocycles. The van der Waals surface area contributed by atoms with Crippen molar-refractivity contribution in [1.82, 2.24) is 10.6 Å². The van der Waals surface area contributed by atoms with Crippen LogP contribution in [0.25, 0.3) is 0 Å². The molecule has 0 bridgehead atoms. The van der Waals surface area contributed by atoms with Crippen molar-refractivity contribution in [2.24, 2.45) is 11.8 Å². The second-order valence-electron chi connectivity index (χ2n) is 5.72. The minimum absolute atomic E-state index is 0.0379. The van der Waals surface area contributed by atoms with Crippen LogP contribution in [0.5, 0.6) is 0 Å². The number of allylic oxidation sites excluding steroid dienone is 2. The van der Waals surface area contributed by atoms with E-state index < -0.39 is 0 Å². The smallest absolute Gasteiger partial charge is 0.224 e. The first kappa shape index (κ1) is 17.0. The standard InChI is InChI=1S/C19H24N2O2/c1-2-13-20-18(22)16-10-6-7-11-17(16)19(23)21-14-12-15-8-4-3-5-9-15/h2-9,16-17H,1,10-14H2,(H,20,22)(H,21,23)/t16-,17+/m1/s1. The Hall–Kier alpha value is -2.36. The highest BCUT2D eigenvalue weighted by Gasteiger charge is 2.33. The maximum atomic E-state index is 12.4. The summed E-state index contributed by atoms with van der Waals surface area (Å²) in [5, 5.41) is 5.77. The SMILES string of the molecule is C=CCNC(=O)[C@@H]1CC=CC[C@@H]1C(=O)NCCc1ccccc1. The number of hydrogen-bond acceptors (Lipinski definition) is 2. The van der Waals surface area contributed by atoms with Gasteiger partial charge in [-0.3, -0.25) is 9.59 Å². The zero-order valence-electron chi connectivity index (χ0n) is 13.3. The number of hydrogen-bond donors (Lipinski definition) is 2. The summed E-state index contributed by atoms with van der Waals surface area (Å²) in [6, 6.07) is 10.0. The second-order valence-corrected chi connectivity index (χ2v) is 5.72. The molecule has 0 saturated carbocycles. The van der Waals surface area contributed by atoms with Gasteiger partial charge >= 0.3 is 0 Å². The summed E-state index contributed by atoms with van der Waals surface area (Å²) in [5.41, 5.74) is 1.19. The van der Waals surface area contributed by atoms with E-state index in [9.17, 15) is 9.59 Å². The molecule has 0 unspecified atom stereocenters. The Kier molecular flexibility index (Phi) is 6.60. The molecule has 23 heavy (non-hydrogen) atoms. The predicted octanol–water partition coefficient (Wildman–Crippen LogP) is 2.23. The quantitative estimate of drug-likeness (QED) is 0.759. The fourth-order valence-corrected chi connectivity index (χ4v) is 2.80. The summed E-state index contributed by atoms with van der Waals surface area (Å²) in [7, 11) is 0. The number of carbonyl (C=O) groups is 2. The van der Waals surface area contributed by atoms with Crippen molar-refractivity contribution in [3.8, 4) is 0 Å². The molecule has 4 heteroatoms. The van der Waals surface area contributed by atoms with E-state index >= 15 is 0 Å². The molecule has 122 valence electrons. The maximum Gasteiger partial charge on any atom is 0.224 e. The zero-order chi connectivity index (χ0) is 16.5. The number of carbonyl (C=O) groups excluding carboxylic acids is 2.